The van der Waals surface area contributed by atoms with Gasteiger partial charge in [0.05, 0.1) is 55.4 Å². The molecule has 276 valence electrons. The van der Waals surface area contributed by atoms with Crippen LogP contribution in [-0.2, 0) is 23.9 Å². The van der Waals surface area contributed by atoms with Gasteiger partial charge in [-0.25, -0.2) is 14.8 Å². The highest BCUT2D eigenvalue weighted by Gasteiger charge is 2.39. The van der Waals surface area contributed by atoms with Crippen LogP contribution in [0.4, 0.5) is 4.79 Å². The quantitative estimate of drug-likeness (QED) is 0.156. The van der Waals surface area contributed by atoms with Crippen molar-refractivity contribution in [3.05, 3.63) is 60.3 Å². The lowest BCUT2D eigenvalue weighted by Crippen LogP contribution is -2.51. The molecule has 2 saturated heterocycles. The van der Waals surface area contributed by atoms with Gasteiger partial charge in [-0.3, -0.25) is 14.4 Å². The SMILES string of the molecule is COC(=O)C[C@H](C(=O)N1CCC[C@H]1c1nc(-c2ccc(-c3ccc4nc([C@@H]5CCCN5C(=O)[C@@H](NC(=O)OC)C(C)C)[nH]c4c3)cc2)c[nH]1)C(C)C. The number of methoxy groups -OCH3 is 2. The lowest BCUT2D eigenvalue weighted by Gasteiger charge is -2.29. The fraction of sp³-hybridized carbons (Fsp3) is 0.487. The minimum atomic E-state index is -0.691. The van der Waals surface area contributed by atoms with E-state index in [2.05, 4.69) is 33.5 Å². The van der Waals surface area contributed by atoms with E-state index in [4.69, 9.17) is 19.4 Å². The van der Waals surface area contributed by atoms with Crippen molar-refractivity contribution in [1.29, 1.82) is 0 Å². The molecule has 4 heterocycles. The van der Waals surface area contributed by atoms with Crippen LogP contribution in [0.5, 0.6) is 0 Å². The van der Waals surface area contributed by atoms with E-state index < -0.39 is 18.1 Å². The summed E-state index contributed by atoms with van der Waals surface area (Å²) in [6.45, 7) is 8.94. The number of esters is 1. The van der Waals surface area contributed by atoms with E-state index in [1.54, 1.807) is 0 Å². The third kappa shape index (κ3) is 7.54. The summed E-state index contributed by atoms with van der Waals surface area (Å²) >= 11 is 0. The summed E-state index contributed by atoms with van der Waals surface area (Å²) in [5, 5.41) is 2.70. The number of likely N-dealkylation sites (tertiary alicyclic amines) is 2. The summed E-state index contributed by atoms with van der Waals surface area (Å²) in [6, 6.07) is 13.2. The predicted octanol–water partition coefficient (Wildman–Crippen LogP) is 6.16. The molecule has 13 nitrogen and oxygen atoms in total. The molecule has 13 heteroatoms. The number of hydrogen-bond acceptors (Lipinski definition) is 8. The first-order valence-electron chi connectivity index (χ1n) is 18.2. The Morgan fingerprint density at radius 1 is 0.808 bits per heavy atom. The number of imidazole rings is 2. The number of rotatable bonds is 11. The van der Waals surface area contributed by atoms with Crippen LogP contribution in [-0.4, -0.2) is 87.0 Å². The van der Waals surface area contributed by atoms with Gasteiger partial charge in [0.2, 0.25) is 11.8 Å². The summed E-state index contributed by atoms with van der Waals surface area (Å²) in [5.41, 5.74) is 5.48. The first-order chi connectivity index (χ1) is 25.0. The molecule has 0 unspecified atom stereocenters. The normalized spacial score (nSPS) is 18.6. The average Bonchev–Trinajstić information content (AvgIpc) is 3.97. The number of carbonyl (C=O) groups is 4. The van der Waals surface area contributed by atoms with Crippen LogP contribution in [0.15, 0.2) is 48.7 Å². The van der Waals surface area contributed by atoms with Crippen molar-refractivity contribution in [2.24, 2.45) is 17.8 Å². The Labute approximate surface area is 303 Å². The van der Waals surface area contributed by atoms with E-state index in [1.807, 2.05) is 68.0 Å². The van der Waals surface area contributed by atoms with Crippen LogP contribution >= 0.6 is 0 Å². The molecular weight excluding hydrogens is 662 g/mol. The van der Waals surface area contributed by atoms with Gasteiger partial charge in [-0.1, -0.05) is 58.0 Å². The van der Waals surface area contributed by atoms with Gasteiger partial charge in [-0.05, 0) is 60.8 Å². The van der Waals surface area contributed by atoms with Gasteiger partial charge >= 0.3 is 12.1 Å². The van der Waals surface area contributed by atoms with Crippen molar-refractivity contribution >= 4 is 34.9 Å². The van der Waals surface area contributed by atoms with Gasteiger partial charge in [-0.2, -0.15) is 0 Å². The van der Waals surface area contributed by atoms with Gasteiger partial charge < -0.3 is 34.6 Å². The van der Waals surface area contributed by atoms with Gasteiger partial charge in [0.1, 0.15) is 17.7 Å². The maximum absolute atomic E-state index is 13.6. The molecule has 0 radical (unpaired) electrons. The molecule has 0 aliphatic carbocycles. The zero-order chi connectivity index (χ0) is 37.1. The van der Waals surface area contributed by atoms with Crippen molar-refractivity contribution in [3.8, 4) is 22.4 Å². The van der Waals surface area contributed by atoms with Crippen LogP contribution in [0.1, 0.15) is 83.5 Å². The van der Waals surface area contributed by atoms with Crippen molar-refractivity contribution in [3.63, 3.8) is 0 Å². The average molecular weight is 712 g/mol. The lowest BCUT2D eigenvalue weighted by molar-refractivity contribution is -0.148. The Morgan fingerprint density at radius 3 is 2.08 bits per heavy atom. The standard InChI is InChI=1S/C39H49N7O6/c1-22(2)27(20-33(47)51-5)37(48)45-17-7-9-31(45)35-40-21-30(43-35)25-13-11-24(12-14-25)26-15-16-28-29(19-26)42-36(41-28)32-10-8-18-46(32)38(49)34(23(3)4)44-39(50)52-6/h11-16,19,21-23,27,31-32,34H,7-10,17-18,20H2,1-6H3,(H,40,43)(H,41,42)(H,44,50)/t27-,31-,32-,34-/m0/s1. The molecule has 2 aromatic carbocycles. The zero-order valence-electron chi connectivity index (χ0n) is 30.8. The van der Waals surface area contributed by atoms with Crippen LogP contribution in [0.2, 0.25) is 0 Å². The highest BCUT2D eigenvalue weighted by atomic mass is 16.5. The molecule has 3 N–H and O–H groups in total. The molecule has 3 amide bonds. The largest absolute Gasteiger partial charge is 0.469 e. The topological polar surface area (TPSA) is 163 Å². The Kier molecular flexibility index (Phi) is 11.0. The molecule has 4 aromatic rings. The third-order valence-corrected chi connectivity index (χ3v) is 10.4. The monoisotopic (exact) mass is 711 g/mol. The Balaban J connectivity index is 1.16. The lowest BCUT2D eigenvalue weighted by atomic mass is 9.91. The van der Waals surface area contributed by atoms with Crippen molar-refractivity contribution in [2.45, 2.75) is 77.9 Å². The van der Waals surface area contributed by atoms with Crippen molar-refractivity contribution in [1.82, 2.24) is 35.1 Å². The number of amides is 3. The molecular formula is C39H49N7O6. The molecule has 2 fully saturated rings. The van der Waals surface area contributed by atoms with E-state index in [0.29, 0.717) is 13.1 Å². The number of H-pyrrole nitrogens is 2. The summed E-state index contributed by atoms with van der Waals surface area (Å²) in [6.07, 6.45) is 4.62. The molecule has 52 heavy (non-hydrogen) atoms. The Bertz CT molecular complexity index is 1920. The number of nitrogens with zero attached hydrogens (tertiary/aromatic N) is 4. The highest BCUT2D eigenvalue weighted by molar-refractivity contribution is 5.87. The number of aromatic nitrogens is 4. The van der Waals surface area contributed by atoms with Gasteiger partial charge in [-0.15, -0.1) is 0 Å². The molecule has 0 saturated carbocycles. The third-order valence-electron chi connectivity index (χ3n) is 10.4. The molecule has 2 aliphatic heterocycles. The Morgan fingerprint density at radius 2 is 1.44 bits per heavy atom. The van der Waals surface area contributed by atoms with E-state index in [9.17, 15) is 19.2 Å². The van der Waals surface area contributed by atoms with Crippen molar-refractivity contribution in [2.75, 3.05) is 27.3 Å². The van der Waals surface area contributed by atoms with Gasteiger partial charge in [0.25, 0.3) is 0 Å². The molecule has 0 bridgehead atoms. The minimum absolute atomic E-state index is 0.00346. The number of ether oxygens (including phenoxy) is 2. The fourth-order valence-corrected chi connectivity index (χ4v) is 7.45. The van der Waals surface area contributed by atoms with Crippen LogP contribution < -0.4 is 5.32 Å². The maximum atomic E-state index is 13.6. The molecule has 0 spiro atoms. The summed E-state index contributed by atoms with van der Waals surface area (Å²) in [7, 11) is 2.64. The number of aromatic amines is 2. The van der Waals surface area contributed by atoms with Crippen LogP contribution in [0.3, 0.4) is 0 Å². The van der Waals surface area contributed by atoms with E-state index >= 15 is 0 Å². The molecule has 4 atom stereocenters. The van der Waals surface area contributed by atoms with Crippen LogP contribution in [0, 0.1) is 17.8 Å². The van der Waals surface area contributed by atoms with Gasteiger partial charge in [0, 0.05) is 24.8 Å². The first-order valence-corrected chi connectivity index (χ1v) is 18.2. The first kappa shape index (κ1) is 36.6. The predicted molar refractivity (Wildman–Crippen MR) is 196 cm³/mol. The number of carbonyl (C=O) groups excluding carboxylic acids is 4. The number of benzene rings is 2. The van der Waals surface area contributed by atoms with Gasteiger partial charge in [0.15, 0.2) is 0 Å². The number of hydrogen-bond donors (Lipinski definition) is 3. The number of fused-ring (bicyclic) bond motifs is 1. The summed E-state index contributed by atoms with van der Waals surface area (Å²) in [5.74, 6) is 0.376. The maximum Gasteiger partial charge on any atom is 0.407 e. The second-order valence-electron chi connectivity index (χ2n) is 14.5. The van der Waals surface area contributed by atoms with E-state index in [-0.39, 0.29) is 48.1 Å². The number of nitrogens with one attached hydrogen (secondary N) is 3. The minimum Gasteiger partial charge on any atom is -0.469 e. The van der Waals surface area contributed by atoms with Crippen LogP contribution in [0.25, 0.3) is 33.4 Å². The second kappa shape index (κ2) is 15.6. The smallest absolute Gasteiger partial charge is 0.407 e. The second-order valence-corrected chi connectivity index (χ2v) is 14.5. The highest BCUT2D eigenvalue weighted by Crippen LogP contribution is 2.36. The number of alkyl carbamates (subject to hydrolysis) is 1. The van der Waals surface area contributed by atoms with E-state index in [0.717, 1.165) is 70.7 Å². The fourth-order valence-electron chi connectivity index (χ4n) is 7.45. The van der Waals surface area contributed by atoms with E-state index in [1.165, 1.54) is 14.2 Å². The summed E-state index contributed by atoms with van der Waals surface area (Å²) < 4.78 is 9.62. The van der Waals surface area contributed by atoms with Crippen molar-refractivity contribution < 1.29 is 28.7 Å². The summed E-state index contributed by atoms with van der Waals surface area (Å²) in [4.78, 5) is 71.4. The molecule has 2 aromatic heterocycles. The Hall–Kier alpha value is -5.20. The molecule has 6 rings (SSSR count). The molecule has 2 aliphatic rings. The zero-order valence-corrected chi connectivity index (χ0v) is 30.8.